The van der Waals surface area contributed by atoms with Crippen LogP contribution in [-0.4, -0.2) is 22.3 Å². The number of rotatable bonds is 5. The lowest BCUT2D eigenvalue weighted by Crippen LogP contribution is -2.29. The Kier molecular flexibility index (Phi) is 5.64. The van der Waals surface area contributed by atoms with Crippen molar-refractivity contribution in [3.05, 3.63) is 81.8 Å². The third-order valence-corrected chi connectivity index (χ3v) is 9.12. The number of anilines is 2. The van der Waals surface area contributed by atoms with Crippen molar-refractivity contribution in [2.45, 2.75) is 30.2 Å². The lowest BCUT2D eigenvalue weighted by Gasteiger charge is -2.38. The first-order chi connectivity index (χ1) is 17.3. The summed E-state index contributed by atoms with van der Waals surface area (Å²) >= 11 is 3.71. The summed E-state index contributed by atoms with van der Waals surface area (Å²) in [5.74, 6) is 2.27. The van der Waals surface area contributed by atoms with E-state index >= 15 is 0 Å². The second-order valence-electron chi connectivity index (χ2n) is 9.26. The summed E-state index contributed by atoms with van der Waals surface area (Å²) in [5.41, 5.74) is 4.33. The summed E-state index contributed by atoms with van der Waals surface area (Å²) in [6, 6.07) is 14.7. The smallest absolute Gasteiger partial charge is 0.262 e. The molecule has 9 heteroatoms. The van der Waals surface area contributed by atoms with Gasteiger partial charge in [-0.05, 0) is 78.4 Å². The number of benzene rings is 3. The van der Waals surface area contributed by atoms with E-state index in [-0.39, 0.29) is 29.6 Å². The van der Waals surface area contributed by atoms with E-state index in [4.69, 9.17) is 14.2 Å². The average Bonchev–Trinajstić information content (AvgIpc) is 3.52. The van der Waals surface area contributed by atoms with Crippen LogP contribution in [-0.2, 0) is 10.0 Å². The number of ether oxygens (including phenoxy) is 3. The van der Waals surface area contributed by atoms with Crippen molar-refractivity contribution in [3.8, 4) is 17.2 Å². The van der Waals surface area contributed by atoms with Crippen LogP contribution >= 0.6 is 15.9 Å². The van der Waals surface area contributed by atoms with E-state index in [2.05, 4.69) is 38.1 Å². The molecular formula is C27H25BrN2O5S. The number of allylic oxidation sites excluding steroid dienone is 2. The van der Waals surface area contributed by atoms with Gasteiger partial charge in [-0.1, -0.05) is 34.1 Å². The van der Waals surface area contributed by atoms with Crippen LogP contribution in [0.1, 0.15) is 35.1 Å². The second-order valence-corrected chi connectivity index (χ2v) is 11.8. The van der Waals surface area contributed by atoms with Gasteiger partial charge in [0, 0.05) is 16.1 Å². The summed E-state index contributed by atoms with van der Waals surface area (Å²) in [4.78, 5) is 0.216. The number of sulfonamides is 1. The number of hydrogen-bond donors (Lipinski definition) is 2. The van der Waals surface area contributed by atoms with Gasteiger partial charge in [0.15, 0.2) is 11.5 Å². The Balaban J connectivity index is 1.35. The van der Waals surface area contributed by atoms with Gasteiger partial charge in [0.05, 0.1) is 23.7 Å². The zero-order chi connectivity index (χ0) is 25.0. The molecule has 3 aromatic rings. The summed E-state index contributed by atoms with van der Waals surface area (Å²) in [7, 11) is -2.30. The highest BCUT2D eigenvalue weighted by Gasteiger charge is 2.40. The van der Waals surface area contributed by atoms with E-state index < -0.39 is 10.0 Å². The van der Waals surface area contributed by atoms with Gasteiger partial charge in [-0.25, -0.2) is 8.42 Å². The first-order valence-electron chi connectivity index (χ1n) is 11.7. The minimum atomic E-state index is -3.82. The molecular weight excluding hydrogens is 544 g/mol. The van der Waals surface area contributed by atoms with Gasteiger partial charge in [0.2, 0.25) is 6.79 Å². The third-order valence-electron chi connectivity index (χ3n) is 7.07. The van der Waals surface area contributed by atoms with Crippen LogP contribution in [0.4, 0.5) is 11.4 Å². The average molecular weight is 569 g/mol. The van der Waals surface area contributed by atoms with Gasteiger partial charge in [0.1, 0.15) is 5.75 Å². The molecule has 1 aliphatic carbocycles. The fraction of sp³-hybridized carbons (Fsp3) is 0.259. The Morgan fingerprint density at radius 1 is 1.06 bits per heavy atom. The van der Waals surface area contributed by atoms with Gasteiger partial charge in [-0.3, -0.25) is 4.72 Å². The lowest BCUT2D eigenvalue weighted by molar-refractivity contribution is 0.174. The van der Waals surface area contributed by atoms with E-state index in [0.717, 1.165) is 44.8 Å². The molecule has 36 heavy (non-hydrogen) atoms. The molecule has 2 heterocycles. The third kappa shape index (κ3) is 3.90. The van der Waals surface area contributed by atoms with Crippen molar-refractivity contribution in [3.63, 3.8) is 0 Å². The Labute approximate surface area is 218 Å². The highest BCUT2D eigenvalue weighted by molar-refractivity contribution is 9.10. The summed E-state index contributed by atoms with van der Waals surface area (Å²) in [5, 5.41) is 3.67. The molecule has 0 aromatic heterocycles. The van der Waals surface area contributed by atoms with Crippen LogP contribution in [0.15, 0.2) is 70.1 Å². The minimum Gasteiger partial charge on any atom is -0.495 e. The topological polar surface area (TPSA) is 85.9 Å². The van der Waals surface area contributed by atoms with Crippen LogP contribution in [0, 0.1) is 12.8 Å². The molecule has 2 aliphatic heterocycles. The van der Waals surface area contributed by atoms with E-state index in [9.17, 15) is 8.42 Å². The number of fused-ring (bicyclic) bond motifs is 4. The van der Waals surface area contributed by atoms with Crippen LogP contribution in [0.25, 0.3) is 0 Å². The quantitative estimate of drug-likeness (QED) is 0.360. The fourth-order valence-electron chi connectivity index (χ4n) is 5.32. The van der Waals surface area contributed by atoms with Gasteiger partial charge in [-0.15, -0.1) is 0 Å². The molecule has 0 spiro atoms. The highest BCUT2D eigenvalue weighted by atomic mass is 79.9. The maximum atomic E-state index is 13.4. The Morgan fingerprint density at radius 2 is 1.86 bits per heavy atom. The molecule has 0 amide bonds. The van der Waals surface area contributed by atoms with Crippen molar-refractivity contribution in [1.82, 2.24) is 0 Å². The second kappa shape index (κ2) is 8.74. The van der Waals surface area contributed by atoms with E-state index in [0.29, 0.717) is 11.4 Å². The summed E-state index contributed by atoms with van der Waals surface area (Å²) < 4.78 is 46.9. The summed E-state index contributed by atoms with van der Waals surface area (Å²) in [6.07, 6.45) is 5.25. The van der Waals surface area contributed by atoms with Crippen molar-refractivity contribution in [2.75, 3.05) is 23.9 Å². The zero-order valence-corrected chi connectivity index (χ0v) is 22.1. The van der Waals surface area contributed by atoms with Crippen LogP contribution in [0.2, 0.25) is 0 Å². The fourth-order valence-corrected chi connectivity index (χ4v) is 6.99. The number of methoxy groups -OCH3 is 1. The number of aryl methyl sites for hydroxylation is 1. The van der Waals surface area contributed by atoms with Gasteiger partial charge < -0.3 is 19.5 Å². The van der Waals surface area contributed by atoms with Gasteiger partial charge in [0.25, 0.3) is 10.0 Å². The lowest BCUT2D eigenvalue weighted by atomic mass is 9.77. The SMILES string of the molecule is COc1ccc(C)cc1NS(=O)(=O)c1ccc2c(c1)[C@H]1C=CC[C@H]1[C@@H](c1cc3c(cc1Br)OCO3)N2. The molecule has 0 unspecified atom stereocenters. The van der Waals surface area contributed by atoms with Gasteiger partial charge >= 0.3 is 0 Å². The first kappa shape index (κ1) is 23.2. The largest absolute Gasteiger partial charge is 0.495 e. The van der Waals surface area contributed by atoms with Crippen molar-refractivity contribution >= 4 is 37.3 Å². The zero-order valence-electron chi connectivity index (χ0n) is 19.7. The summed E-state index contributed by atoms with van der Waals surface area (Å²) in [6.45, 7) is 2.13. The Hall–Kier alpha value is -3.17. The van der Waals surface area contributed by atoms with Crippen molar-refractivity contribution in [1.29, 1.82) is 0 Å². The molecule has 3 atom stereocenters. The number of halogens is 1. The molecule has 3 aromatic carbocycles. The highest BCUT2D eigenvalue weighted by Crippen LogP contribution is 2.52. The van der Waals surface area contributed by atoms with E-state index in [1.807, 2.05) is 31.2 Å². The molecule has 0 bridgehead atoms. The maximum absolute atomic E-state index is 13.4. The van der Waals surface area contributed by atoms with Crippen LogP contribution in [0.3, 0.4) is 0 Å². The van der Waals surface area contributed by atoms with Crippen molar-refractivity contribution < 1.29 is 22.6 Å². The van der Waals surface area contributed by atoms with E-state index in [1.165, 1.54) is 7.11 Å². The minimum absolute atomic E-state index is 0.0264. The standard InChI is InChI=1S/C27H25BrN2O5S/c1-15-6-9-24(33-2)23(10-15)30-36(31,32)16-7-8-22-19(11-16)17-4-3-5-18(17)27(29-22)20-12-25-26(13-21(20)28)35-14-34-25/h3-4,6-13,17-18,27,29-30H,5,14H2,1-2H3/t17-,18+,27-/m0/s1. The monoisotopic (exact) mass is 568 g/mol. The molecule has 3 aliphatic rings. The molecule has 6 rings (SSSR count). The van der Waals surface area contributed by atoms with E-state index in [1.54, 1.807) is 24.3 Å². The first-order valence-corrected chi connectivity index (χ1v) is 14.0. The number of hydrogen-bond acceptors (Lipinski definition) is 6. The Bertz CT molecular complexity index is 1500. The molecule has 7 nitrogen and oxygen atoms in total. The normalized spacial score (nSPS) is 21.5. The van der Waals surface area contributed by atoms with Crippen LogP contribution < -0.4 is 24.2 Å². The molecule has 186 valence electrons. The number of nitrogens with one attached hydrogen (secondary N) is 2. The Morgan fingerprint density at radius 3 is 2.67 bits per heavy atom. The maximum Gasteiger partial charge on any atom is 0.262 e. The van der Waals surface area contributed by atoms with Gasteiger partial charge in [-0.2, -0.15) is 0 Å². The predicted molar refractivity (Wildman–Crippen MR) is 142 cm³/mol. The van der Waals surface area contributed by atoms with Crippen LogP contribution in [0.5, 0.6) is 17.2 Å². The van der Waals surface area contributed by atoms with Crippen molar-refractivity contribution in [2.24, 2.45) is 5.92 Å². The molecule has 0 saturated heterocycles. The predicted octanol–water partition coefficient (Wildman–Crippen LogP) is 6.12. The molecule has 0 fully saturated rings. The molecule has 0 radical (unpaired) electrons. The molecule has 0 saturated carbocycles. The molecule has 2 N–H and O–H groups in total.